The molecule has 1 heterocycles. The lowest BCUT2D eigenvalue weighted by atomic mass is 10.0. The molecule has 0 spiro atoms. The van der Waals surface area contributed by atoms with Gasteiger partial charge in [0.05, 0.1) is 5.92 Å². The molecular formula is C12H13BrN2O3. The molecule has 0 aromatic heterocycles. The van der Waals surface area contributed by atoms with Crippen LogP contribution in [0.1, 0.15) is 5.56 Å². The van der Waals surface area contributed by atoms with Crippen molar-refractivity contribution >= 4 is 27.9 Å². The molecule has 0 saturated carbocycles. The van der Waals surface area contributed by atoms with Gasteiger partial charge in [-0.25, -0.2) is 4.79 Å². The average Bonchev–Trinajstić information content (AvgIpc) is 2.25. The van der Waals surface area contributed by atoms with E-state index < -0.39 is 11.9 Å². The highest BCUT2D eigenvalue weighted by atomic mass is 79.9. The van der Waals surface area contributed by atoms with Crippen LogP contribution in [0, 0.1) is 5.92 Å². The van der Waals surface area contributed by atoms with E-state index in [1.165, 1.54) is 4.90 Å². The number of carbonyl (C=O) groups is 2. The van der Waals surface area contributed by atoms with Gasteiger partial charge in [-0.15, -0.1) is 0 Å². The molecule has 96 valence electrons. The highest BCUT2D eigenvalue weighted by Crippen LogP contribution is 2.15. The summed E-state index contributed by atoms with van der Waals surface area (Å²) in [6, 6.07) is 7.44. The first-order valence-electron chi connectivity index (χ1n) is 5.56. The minimum atomic E-state index is -0.841. The van der Waals surface area contributed by atoms with Crippen LogP contribution in [0.25, 0.3) is 0 Å². The Balaban J connectivity index is 1.76. The van der Waals surface area contributed by atoms with Crippen LogP contribution >= 0.6 is 15.9 Å². The first kappa shape index (κ1) is 12.9. The van der Waals surface area contributed by atoms with E-state index in [9.17, 15) is 9.59 Å². The number of aliphatic carboxylic acids is 1. The van der Waals surface area contributed by atoms with Gasteiger partial charge in [-0.3, -0.25) is 4.79 Å². The number of likely N-dealkylation sites (tertiary alicyclic amines) is 1. The van der Waals surface area contributed by atoms with E-state index >= 15 is 0 Å². The summed E-state index contributed by atoms with van der Waals surface area (Å²) in [6.45, 7) is 1.03. The van der Waals surface area contributed by atoms with Crippen molar-refractivity contribution < 1.29 is 14.7 Å². The molecule has 0 bridgehead atoms. The Bertz CT molecular complexity index is 455. The normalized spacial score (nSPS) is 15.1. The molecule has 5 nitrogen and oxygen atoms in total. The average molecular weight is 313 g/mol. The number of amides is 2. The van der Waals surface area contributed by atoms with E-state index in [-0.39, 0.29) is 6.03 Å². The predicted octanol–water partition coefficient (Wildman–Crippen LogP) is 1.68. The summed E-state index contributed by atoms with van der Waals surface area (Å²) in [5, 5.41) is 11.5. The van der Waals surface area contributed by atoms with E-state index in [1.54, 1.807) is 0 Å². The van der Waals surface area contributed by atoms with Crippen molar-refractivity contribution in [2.24, 2.45) is 5.92 Å². The number of hydrogen-bond donors (Lipinski definition) is 2. The zero-order valence-electron chi connectivity index (χ0n) is 9.60. The minimum Gasteiger partial charge on any atom is -0.481 e. The van der Waals surface area contributed by atoms with E-state index in [4.69, 9.17) is 5.11 Å². The SMILES string of the molecule is O=C(O)C1CN(C(=O)NCc2ccc(Br)cc2)C1. The van der Waals surface area contributed by atoms with Crippen molar-refractivity contribution in [3.63, 3.8) is 0 Å². The third-order valence-corrected chi connectivity index (χ3v) is 3.40. The second-order valence-electron chi connectivity index (χ2n) is 4.23. The van der Waals surface area contributed by atoms with Crippen LogP contribution in [-0.4, -0.2) is 35.1 Å². The van der Waals surface area contributed by atoms with Crippen molar-refractivity contribution in [3.8, 4) is 0 Å². The van der Waals surface area contributed by atoms with Crippen molar-refractivity contribution in [1.82, 2.24) is 10.2 Å². The number of halogens is 1. The summed E-state index contributed by atoms with van der Waals surface area (Å²) >= 11 is 3.34. The fourth-order valence-electron chi connectivity index (χ4n) is 1.69. The first-order chi connectivity index (χ1) is 8.56. The van der Waals surface area contributed by atoms with Crippen LogP contribution in [0.4, 0.5) is 4.79 Å². The highest BCUT2D eigenvalue weighted by Gasteiger charge is 2.35. The van der Waals surface area contributed by atoms with Crippen LogP contribution in [0.3, 0.4) is 0 Å². The largest absolute Gasteiger partial charge is 0.481 e. The molecule has 1 aromatic rings. The Morgan fingerprint density at radius 1 is 1.33 bits per heavy atom. The smallest absolute Gasteiger partial charge is 0.317 e. The molecule has 18 heavy (non-hydrogen) atoms. The van der Waals surface area contributed by atoms with E-state index in [0.29, 0.717) is 19.6 Å². The van der Waals surface area contributed by atoms with Crippen LogP contribution in [0.15, 0.2) is 28.7 Å². The molecule has 2 amide bonds. The molecule has 0 aliphatic carbocycles. The van der Waals surface area contributed by atoms with Gasteiger partial charge in [0.2, 0.25) is 0 Å². The second-order valence-corrected chi connectivity index (χ2v) is 5.14. The molecule has 0 radical (unpaired) electrons. The van der Waals surface area contributed by atoms with Gasteiger partial charge in [-0.1, -0.05) is 28.1 Å². The Morgan fingerprint density at radius 3 is 2.50 bits per heavy atom. The summed E-state index contributed by atoms with van der Waals surface area (Å²) in [4.78, 5) is 23.7. The Labute approximate surface area is 113 Å². The molecule has 1 aliphatic heterocycles. The molecule has 2 rings (SSSR count). The maximum absolute atomic E-state index is 11.6. The molecule has 1 aromatic carbocycles. The van der Waals surface area contributed by atoms with Gasteiger partial charge < -0.3 is 15.3 Å². The molecule has 6 heteroatoms. The minimum absolute atomic E-state index is 0.213. The van der Waals surface area contributed by atoms with Gasteiger partial charge in [0, 0.05) is 24.1 Å². The zero-order valence-corrected chi connectivity index (χ0v) is 11.2. The standard InChI is InChI=1S/C12H13BrN2O3/c13-10-3-1-8(2-4-10)5-14-12(18)15-6-9(7-15)11(16)17/h1-4,9H,5-7H2,(H,14,18)(H,16,17). The van der Waals surface area contributed by atoms with Gasteiger partial charge in [-0.05, 0) is 17.7 Å². The highest BCUT2D eigenvalue weighted by molar-refractivity contribution is 9.10. The number of nitrogens with one attached hydrogen (secondary N) is 1. The summed E-state index contributed by atoms with van der Waals surface area (Å²) in [7, 11) is 0. The number of carboxylic acid groups (broad SMARTS) is 1. The Kier molecular flexibility index (Phi) is 3.86. The number of carbonyl (C=O) groups excluding carboxylic acids is 1. The number of hydrogen-bond acceptors (Lipinski definition) is 2. The lowest BCUT2D eigenvalue weighted by Gasteiger charge is -2.36. The third-order valence-electron chi connectivity index (χ3n) is 2.87. The second kappa shape index (κ2) is 5.39. The van der Waals surface area contributed by atoms with Gasteiger partial charge in [-0.2, -0.15) is 0 Å². The summed E-state index contributed by atoms with van der Waals surface area (Å²) in [5.74, 6) is -1.25. The topological polar surface area (TPSA) is 69.6 Å². The van der Waals surface area contributed by atoms with Crippen molar-refractivity contribution in [2.45, 2.75) is 6.54 Å². The number of nitrogens with zero attached hydrogens (tertiary/aromatic N) is 1. The predicted molar refractivity (Wildman–Crippen MR) is 69.1 cm³/mol. The summed E-state index contributed by atoms with van der Waals surface area (Å²) < 4.78 is 0.990. The monoisotopic (exact) mass is 312 g/mol. The maximum atomic E-state index is 11.6. The number of benzene rings is 1. The summed E-state index contributed by atoms with van der Waals surface area (Å²) in [5.41, 5.74) is 1.00. The fourth-order valence-corrected chi connectivity index (χ4v) is 1.96. The van der Waals surface area contributed by atoms with Crippen LogP contribution in [-0.2, 0) is 11.3 Å². The van der Waals surface area contributed by atoms with Crippen LogP contribution in [0.5, 0.6) is 0 Å². The summed E-state index contributed by atoms with van der Waals surface area (Å²) in [6.07, 6.45) is 0. The van der Waals surface area contributed by atoms with Crippen molar-refractivity contribution in [1.29, 1.82) is 0 Å². The van der Waals surface area contributed by atoms with Crippen LogP contribution < -0.4 is 5.32 Å². The van der Waals surface area contributed by atoms with Crippen LogP contribution in [0.2, 0.25) is 0 Å². The molecule has 1 saturated heterocycles. The van der Waals surface area contributed by atoms with E-state index in [2.05, 4.69) is 21.2 Å². The van der Waals surface area contributed by atoms with Crippen molar-refractivity contribution in [3.05, 3.63) is 34.3 Å². The quantitative estimate of drug-likeness (QED) is 0.892. The number of rotatable bonds is 3. The molecule has 0 unspecified atom stereocenters. The number of urea groups is 1. The van der Waals surface area contributed by atoms with Gasteiger partial charge in [0.25, 0.3) is 0 Å². The fraction of sp³-hybridized carbons (Fsp3) is 0.333. The Morgan fingerprint density at radius 2 is 1.94 bits per heavy atom. The molecule has 1 aliphatic rings. The van der Waals surface area contributed by atoms with Gasteiger partial charge in [0.1, 0.15) is 0 Å². The molecular weight excluding hydrogens is 300 g/mol. The Hall–Kier alpha value is -1.56. The van der Waals surface area contributed by atoms with Crippen molar-refractivity contribution in [2.75, 3.05) is 13.1 Å². The van der Waals surface area contributed by atoms with E-state index in [0.717, 1.165) is 10.0 Å². The number of carboxylic acids is 1. The molecule has 1 fully saturated rings. The molecule has 2 N–H and O–H groups in total. The van der Waals surface area contributed by atoms with E-state index in [1.807, 2.05) is 24.3 Å². The lowest BCUT2D eigenvalue weighted by molar-refractivity contribution is -0.146. The van der Waals surface area contributed by atoms with Gasteiger partial charge >= 0.3 is 12.0 Å². The zero-order chi connectivity index (χ0) is 13.1. The first-order valence-corrected chi connectivity index (χ1v) is 6.35. The lowest BCUT2D eigenvalue weighted by Crippen LogP contribution is -2.56. The van der Waals surface area contributed by atoms with Gasteiger partial charge in [0.15, 0.2) is 0 Å². The molecule has 0 atom stereocenters. The maximum Gasteiger partial charge on any atom is 0.317 e. The third kappa shape index (κ3) is 3.01.